The number of halogens is 2. The van der Waals surface area contributed by atoms with Gasteiger partial charge in [-0.1, -0.05) is 24.6 Å². The zero-order valence-electron chi connectivity index (χ0n) is 17.4. The number of hydrogen-bond donors (Lipinski definition) is 0. The molecule has 0 N–H and O–H groups in total. The van der Waals surface area contributed by atoms with Gasteiger partial charge in [0.25, 0.3) is 11.8 Å². The third kappa shape index (κ3) is 3.81. The summed E-state index contributed by atoms with van der Waals surface area (Å²) in [5, 5.41) is 4.46. The summed E-state index contributed by atoms with van der Waals surface area (Å²) in [6.07, 6.45) is -0.248. The Kier molecular flexibility index (Phi) is 5.54. The van der Waals surface area contributed by atoms with Crippen molar-refractivity contribution < 1.29 is 18.7 Å². The average molecular weight is 442 g/mol. The number of carbonyl (C=O) groups is 2. The molecule has 0 saturated carbocycles. The molecule has 160 valence electrons. The number of hydrogen-bond acceptors (Lipinski definition) is 4. The first kappa shape index (κ1) is 21.1. The number of ether oxygens (including phenoxy) is 1. The molecular formula is C23H21ClFN3O3. The maximum atomic E-state index is 14.4. The Morgan fingerprint density at radius 2 is 2.00 bits per heavy atom. The van der Waals surface area contributed by atoms with E-state index in [4.69, 9.17) is 16.3 Å². The van der Waals surface area contributed by atoms with E-state index in [0.29, 0.717) is 29.1 Å². The Hall–Kier alpha value is -3.19. The standard InChI is InChI=1S/C23H21ClFN3O3/c1-4-20-23(30)27(12-16-17(24)6-5-7-18(16)25)19-11-15(8-9-21(19)31-20)22(29)28-14(3)10-13(2)26-28/h5-11,20H,4,12H2,1-3H3/t20-/m1/s1. The summed E-state index contributed by atoms with van der Waals surface area (Å²) < 4.78 is 21.6. The Morgan fingerprint density at radius 1 is 1.23 bits per heavy atom. The van der Waals surface area contributed by atoms with Gasteiger partial charge in [0, 0.05) is 21.8 Å². The first-order valence-corrected chi connectivity index (χ1v) is 10.3. The summed E-state index contributed by atoms with van der Waals surface area (Å²) in [6.45, 7) is 5.36. The molecule has 0 fully saturated rings. The van der Waals surface area contributed by atoms with E-state index in [-0.39, 0.29) is 28.9 Å². The summed E-state index contributed by atoms with van der Waals surface area (Å²) in [4.78, 5) is 27.5. The lowest BCUT2D eigenvalue weighted by molar-refractivity contribution is -0.126. The van der Waals surface area contributed by atoms with Crippen molar-refractivity contribution in [1.82, 2.24) is 9.78 Å². The molecule has 0 saturated heterocycles. The molecule has 0 aliphatic carbocycles. The Morgan fingerprint density at radius 3 is 2.65 bits per heavy atom. The molecule has 2 heterocycles. The number of carbonyl (C=O) groups excluding carboxylic acids is 2. The number of anilines is 1. The molecule has 0 spiro atoms. The Balaban J connectivity index is 1.78. The zero-order valence-corrected chi connectivity index (χ0v) is 18.1. The van der Waals surface area contributed by atoms with E-state index in [1.165, 1.54) is 21.7 Å². The van der Waals surface area contributed by atoms with Crippen LogP contribution >= 0.6 is 11.6 Å². The molecule has 0 bridgehead atoms. The molecule has 1 atom stereocenters. The van der Waals surface area contributed by atoms with Crippen LogP contribution in [0.25, 0.3) is 0 Å². The fourth-order valence-corrected chi connectivity index (χ4v) is 3.90. The molecular weight excluding hydrogens is 421 g/mol. The molecule has 1 aliphatic heterocycles. The van der Waals surface area contributed by atoms with Crippen molar-refractivity contribution in [1.29, 1.82) is 0 Å². The Bertz CT molecular complexity index is 1170. The predicted octanol–water partition coefficient (Wildman–Crippen LogP) is 4.69. The van der Waals surface area contributed by atoms with Gasteiger partial charge in [0.05, 0.1) is 17.9 Å². The van der Waals surface area contributed by atoms with Gasteiger partial charge in [-0.15, -0.1) is 0 Å². The fourth-order valence-electron chi connectivity index (χ4n) is 3.68. The smallest absolute Gasteiger partial charge is 0.278 e. The van der Waals surface area contributed by atoms with Crippen LogP contribution in [-0.4, -0.2) is 27.7 Å². The number of amides is 1. The van der Waals surface area contributed by atoms with E-state index in [9.17, 15) is 14.0 Å². The number of aryl methyl sites for hydroxylation is 2. The van der Waals surface area contributed by atoms with Crippen LogP contribution < -0.4 is 9.64 Å². The highest BCUT2D eigenvalue weighted by atomic mass is 35.5. The number of aromatic nitrogens is 2. The second kappa shape index (κ2) is 8.15. The van der Waals surface area contributed by atoms with Crippen LogP contribution in [-0.2, 0) is 11.3 Å². The van der Waals surface area contributed by atoms with E-state index in [1.54, 1.807) is 44.2 Å². The van der Waals surface area contributed by atoms with Crippen LogP contribution in [0, 0.1) is 19.7 Å². The van der Waals surface area contributed by atoms with Crippen molar-refractivity contribution in [2.75, 3.05) is 4.90 Å². The minimum Gasteiger partial charge on any atom is -0.478 e. The predicted molar refractivity (Wildman–Crippen MR) is 115 cm³/mol. The summed E-state index contributed by atoms with van der Waals surface area (Å²) in [7, 11) is 0. The van der Waals surface area contributed by atoms with Crippen LogP contribution in [0.3, 0.4) is 0 Å². The van der Waals surface area contributed by atoms with Gasteiger partial charge >= 0.3 is 0 Å². The molecule has 3 aromatic rings. The van der Waals surface area contributed by atoms with Crippen molar-refractivity contribution in [2.45, 2.75) is 39.8 Å². The van der Waals surface area contributed by atoms with Crippen LogP contribution in [0.2, 0.25) is 5.02 Å². The van der Waals surface area contributed by atoms with Crippen molar-refractivity contribution in [2.24, 2.45) is 0 Å². The fraction of sp³-hybridized carbons (Fsp3) is 0.261. The zero-order chi connectivity index (χ0) is 22.3. The van der Waals surface area contributed by atoms with E-state index in [1.807, 2.05) is 6.92 Å². The van der Waals surface area contributed by atoms with Gasteiger partial charge in [-0.3, -0.25) is 9.59 Å². The SMILES string of the molecule is CC[C@H]1Oc2ccc(C(=O)n3nc(C)cc3C)cc2N(Cc2c(F)cccc2Cl)C1=O. The molecule has 0 unspecified atom stereocenters. The van der Waals surface area contributed by atoms with Gasteiger partial charge in [0.1, 0.15) is 11.6 Å². The van der Waals surface area contributed by atoms with Crippen molar-refractivity contribution in [3.05, 3.63) is 75.8 Å². The molecule has 1 aromatic heterocycles. The minimum absolute atomic E-state index is 0.0747. The highest BCUT2D eigenvalue weighted by Gasteiger charge is 2.35. The van der Waals surface area contributed by atoms with Gasteiger partial charge in [-0.2, -0.15) is 5.10 Å². The van der Waals surface area contributed by atoms with E-state index in [0.717, 1.165) is 5.69 Å². The normalized spacial score (nSPS) is 15.6. The summed E-state index contributed by atoms with van der Waals surface area (Å²) in [5.41, 5.74) is 2.36. The lowest BCUT2D eigenvalue weighted by atomic mass is 10.1. The van der Waals surface area contributed by atoms with E-state index < -0.39 is 11.9 Å². The van der Waals surface area contributed by atoms with Crippen LogP contribution in [0.4, 0.5) is 10.1 Å². The molecule has 6 nitrogen and oxygen atoms in total. The molecule has 1 aliphatic rings. The maximum absolute atomic E-state index is 14.4. The molecule has 0 radical (unpaired) electrons. The molecule has 8 heteroatoms. The molecule has 2 aromatic carbocycles. The van der Waals surface area contributed by atoms with Gasteiger partial charge in [0.15, 0.2) is 6.10 Å². The number of nitrogens with zero attached hydrogens (tertiary/aromatic N) is 3. The summed E-state index contributed by atoms with van der Waals surface area (Å²) >= 11 is 6.20. The molecule has 4 rings (SSSR count). The topological polar surface area (TPSA) is 64.4 Å². The second-order valence-corrected chi connectivity index (χ2v) is 7.87. The molecule has 1 amide bonds. The highest BCUT2D eigenvalue weighted by Crippen LogP contribution is 2.37. The number of fused-ring (bicyclic) bond motifs is 1. The summed E-state index contributed by atoms with van der Waals surface area (Å²) in [6, 6.07) is 11.1. The van der Waals surface area contributed by atoms with Crippen LogP contribution in [0.5, 0.6) is 5.75 Å². The average Bonchev–Trinajstić information content (AvgIpc) is 3.08. The highest BCUT2D eigenvalue weighted by molar-refractivity contribution is 6.31. The minimum atomic E-state index is -0.699. The van der Waals surface area contributed by atoms with Crippen LogP contribution in [0.15, 0.2) is 42.5 Å². The second-order valence-electron chi connectivity index (χ2n) is 7.47. The third-order valence-electron chi connectivity index (χ3n) is 5.26. The van der Waals surface area contributed by atoms with E-state index in [2.05, 4.69) is 5.10 Å². The van der Waals surface area contributed by atoms with Gasteiger partial charge < -0.3 is 9.64 Å². The number of rotatable bonds is 4. The van der Waals surface area contributed by atoms with Gasteiger partial charge in [-0.05, 0) is 56.7 Å². The Labute approximate surface area is 184 Å². The van der Waals surface area contributed by atoms with Crippen molar-refractivity contribution in [3.63, 3.8) is 0 Å². The van der Waals surface area contributed by atoms with E-state index >= 15 is 0 Å². The van der Waals surface area contributed by atoms with Crippen molar-refractivity contribution >= 4 is 29.1 Å². The van der Waals surface area contributed by atoms with Crippen molar-refractivity contribution in [3.8, 4) is 5.75 Å². The quantitative estimate of drug-likeness (QED) is 0.589. The number of benzene rings is 2. The summed E-state index contributed by atoms with van der Waals surface area (Å²) in [5.74, 6) is -0.701. The van der Waals surface area contributed by atoms with Crippen LogP contribution in [0.1, 0.15) is 40.7 Å². The molecule has 31 heavy (non-hydrogen) atoms. The third-order valence-corrected chi connectivity index (χ3v) is 5.61. The van der Waals surface area contributed by atoms with Gasteiger partial charge in [0.2, 0.25) is 0 Å². The first-order chi connectivity index (χ1) is 14.8. The lowest BCUT2D eigenvalue weighted by Crippen LogP contribution is -2.45. The van der Waals surface area contributed by atoms with Gasteiger partial charge in [-0.25, -0.2) is 9.07 Å². The monoisotopic (exact) mass is 441 g/mol. The largest absolute Gasteiger partial charge is 0.478 e. The lowest BCUT2D eigenvalue weighted by Gasteiger charge is -2.34. The maximum Gasteiger partial charge on any atom is 0.278 e. The first-order valence-electron chi connectivity index (χ1n) is 9.93.